The molecule has 0 aliphatic carbocycles. The number of hydrogen-bond donors (Lipinski definition) is 2. The number of piperidine rings is 1. The monoisotopic (exact) mass is 334 g/mol. The Balaban J connectivity index is 1.59. The van der Waals surface area contributed by atoms with Crippen LogP contribution in [0, 0.1) is 0 Å². The van der Waals surface area contributed by atoms with Crippen LogP contribution in [0.1, 0.15) is 39.0 Å². The van der Waals surface area contributed by atoms with Gasteiger partial charge in [0.25, 0.3) is 0 Å². The van der Waals surface area contributed by atoms with E-state index in [1.807, 2.05) is 21.8 Å². The SMILES string of the molecule is CN=C(NCCCn1cccn1)NCCC(=O)N1CCCCC1C. The zero-order valence-electron chi connectivity index (χ0n) is 14.9. The van der Waals surface area contributed by atoms with Gasteiger partial charge in [-0.1, -0.05) is 0 Å². The molecule has 0 spiro atoms. The Bertz CT molecular complexity index is 513. The van der Waals surface area contributed by atoms with Crippen molar-refractivity contribution in [2.75, 3.05) is 26.7 Å². The Morgan fingerprint density at radius 1 is 1.33 bits per heavy atom. The van der Waals surface area contributed by atoms with Crippen LogP contribution in [0.3, 0.4) is 0 Å². The second-order valence-corrected chi connectivity index (χ2v) is 6.23. The predicted octanol–water partition coefficient (Wildman–Crippen LogP) is 1.23. The Labute approximate surface area is 144 Å². The van der Waals surface area contributed by atoms with Gasteiger partial charge >= 0.3 is 0 Å². The lowest BCUT2D eigenvalue weighted by Gasteiger charge is -2.33. The molecule has 1 saturated heterocycles. The zero-order chi connectivity index (χ0) is 17.2. The van der Waals surface area contributed by atoms with Crippen LogP contribution < -0.4 is 10.6 Å². The van der Waals surface area contributed by atoms with Crippen LogP contribution in [0.15, 0.2) is 23.5 Å². The van der Waals surface area contributed by atoms with Crippen LogP contribution >= 0.6 is 0 Å². The van der Waals surface area contributed by atoms with Crippen LogP contribution in [0.5, 0.6) is 0 Å². The number of hydrogen-bond acceptors (Lipinski definition) is 3. The number of guanidine groups is 1. The molecule has 2 N–H and O–H groups in total. The Hall–Kier alpha value is -2.05. The molecule has 1 aromatic heterocycles. The zero-order valence-corrected chi connectivity index (χ0v) is 14.9. The van der Waals surface area contributed by atoms with Gasteiger partial charge < -0.3 is 15.5 Å². The lowest BCUT2D eigenvalue weighted by molar-refractivity contribution is -0.134. The molecule has 1 atom stereocenters. The highest BCUT2D eigenvalue weighted by Crippen LogP contribution is 2.16. The number of amides is 1. The summed E-state index contributed by atoms with van der Waals surface area (Å²) in [7, 11) is 1.75. The third-order valence-electron chi connectivity index (χ3n) is 4.39. The molecule has 2 heterocycles. The first kappa shape index (κ1) is 18.3. The molecule has 1 fully saturated rings. The minimum absolute atomic E-state index is 0.240. The van der Waals surface area contributed by atoms with Crippen LogP contribution in [-0.2, 0) is 11.3 Å². The Kier molecular flexibility index (Phi) is 7.58. The summed E-state index contributed by atoms with van der Waals surface area (Å²) in [5, 5.41) is 10.7. The second kappa shape index (κ2) is 9.95. The third kappa shape index (κ3) is 5.86. The third-order valence-corrected chi connectivity index (χ3v) is 4.39. The van der Waals surface area contributed by atoms with Gasteiger partial charge in [0.2, 0.25) is 5.91 Å². The number of carbonyl (C=O) groups excluding carboxylic acids is 1. The normalized spacial score (nSPS) is 18.5. The summed E-state index contributed by atoms with van der Waals surface area (Å²) in [6.07, 6.45) is 8.71. The first-order valence-electron chi connectivity index (χ1n) is 8.92. The number of aromatic nitrogens is 2. The number of aliphatic imine (C=N–C) groups is 1. The summed E-state index contributed by atoms with van der Waals surface area (Å²) < 4.78 is 1.91. The van der Waals surface area contributed by atoms with Crippen molar-refractivity contribution in [3.63, 3.8) is 0 Å². The van der Waals surface area contributed by atoms with Crippen molar-refractivity contribution in [1.29, 1.82) is 0 Å². The molecule has 1 unspecified atom stereocenters. The highest BCUT2D eigenvalue weighted by Gasteiger charge is 2.22. The van der Waals surface area contributed by atoms with Gasteiger partial charge in [0.1, 0.15) is 0 Å². The minimum atomic E-state index is 0.240. The Morgan fingerprint density at radius 2 is 2.17 bits per heavy atom. The van der Waals surface area contributed by atoms with Gasteiger partial charge in [0.05, 0.1) is 0 Å². The molecule has 1 amide bonds. The molecule has 1 aromatic rings. The maximum absolute atomic E-state index is 12.3. The molecule has 1 aliphatic heterocycles. The van der Waals surface area contributed by atoms with Gasteiger partial charge in [-0.15, -0.1) is 0 Å². The quantitative estimate of drug-likeness (QED) is 0.447. The second-order valence-electron chi connectivity index (χ2n) is 6.23. The van der Waals surface area contributed by atoms with E-state index in [9.17, 15) is 4.79 Å². The molecule has 0 radical (unpaired) electrons. The number of nitrogens with zero attached hydrogens (tertiary/aromatic N) is 4. The largest absolute Gasteiger partial charge is 0.356 e. The molecule has 0 bridgehead atoms. The van der Waals surface area contributed by atoms with Gasteiger partial charge in [-0.25, -0.2) is 0 Å². The molecule has 24 heavy (non-hydrogen) atoms. The smallest absolute Gasteiger partial charge is 0.224 e. The average molecular weight is 334 g/mol. The van der Waals surface area contributed by atoms with Crippen molar-refractivity contribution in [3.8, 4) is 0 Å². The molecule has 134 valence electrons. The van der Waals surface area contributed by atoms with Crippen molar-refractivity contribution in [1.82, 2.24) is 25.3 Å². The van der Waals surface area contributed by atoms with E-state index in [4.69, 9.17) is 0 Å². The van der Waals surface area contributed by atoms with E-state index < -0.39 is 0 Å². The maximum atomic E-state index is 12.3. The van der Waals surface area contributed by atoms with Gasteiger partial charge in [0, 0.05) is 58.1 Å². The van der Waals surface area contributed by atoms with Crippen molar-refractivity contribution in [2.24, 2.45) is 4.99 Å². The summed E-state index contributed by atoms with van der Waals surface area (Å²) in [5.74, 6) is 0.985. The predicted molar refractivity (Wildman–Crippen MR) is 95.9 cm³/mol. The van der Waals surface area contributed by atoms with Crippen molar-refractivity contribution in [3.05, 3.63) is 18.5 Å². The lowest BCUT2D eigenvalue weighted by atomic mass is 10.0. The molecular formula is C17H30N6O. The van der Waals surface area contributed by atoms with Gasteiger partial charge in [-0.3, -0.25) is 14.5 Å². The van der Waals surface area contributed by atoms with Crippen molar-refractivity contribution < 1.29 is 4.79 Å². The summed E-state index contributed by atoms with van der Waals surface area (Å²) >= 11 is 0. The first-order valence-corrected chi connectivity index (χ1v) is 8.92. The fraction of sp³-hybridized carbons (Fsp3) is 0.706. The summed E-state index contributed by atoms with van der Waals surface area (Å²) in [6.45, 7) is 5.35. The molecule has 1 aliphatic rings. The number of carbonyl (C=O) groups is 1. The van der Waals surface area contributed by atoms with Crippen molar-refractivity contribution in [2.45, 2.75) is 51.6 Å². The highest BCUT2D eigenvalue weighted by molar-refractivity contribution is 5.81. The topological polar surface area (TPSA) is 74.5 Å². The van der Waals surface area contributed by atoms with Crippen LogP contribution in [0.4, 0.5) is 0 Å². The summed E-state index contributed by atoms with van der Waals surface area (Å²) in [6, 6.07) is 2.31. The van der Waals surface area contributed by atoms with E-state index in [1.54, 1.807) is 13.2 Å². The molecule has 0 aromatic carbocycles. The van der Waals surface area contributed by atoms with E-state index in [1.165, 1.54) is 6.42 Å². The molecule has 0 saturated carbocycles. The molecular weight excluding hydrogens is 304 g/mol. The number of aryl methyl sites for hydroxylation is 1. The van der Waals surface area contributed by atoms with E-state index >= 15 is 0 Å². The van der Waals surface area contributed by atoms with E-state index in [0.29, 0.717) is 19.0 Å². The lowest BCUT2D eigenvalue weighted by Crippen LogP contribution is -2.44. The Morgan fingerprint density at radius 3 is 2.88 bits per heavy atom. The summed E-state index contributed by atoms with van der Waals surface area (Å²) in [4.78, 5) is 18.5. The first-order chi connectivity index (χ1) is 11.7. The standard InChI is InChI=1S/C17H30N6O/c1-15-7-3-4-14-23(15)16(24)8-11-20-17(18-2)19-9-5-12-22-13-6-10-21-22/h6,10,13,15H,3-5,7-9,11-12,14H2,1-2H3,(H2,18,19,20). The van der Waals surface area contributed by atoms with Crippen molar-refractivity contribution >= 4 is 11.9 Å². The van der Waals surface area contributed by atoms with Gasteiger partial charge in [0.15, 0.2) is 5.96 Å². The van der Waals surface area contributed by atoms with Gasteiger partial charge in [-0.2, -0.15) is 5.10 Å². The minimum Gasteiger partial charge on any atom is -0.356 e. The van der Waals surface area contributed by atoms with E-state index in [0.717, 1.165) is 44.9 Å². The van der Waals surface area contributed by atoms with Crippen LogP contribution in [-0.4, -0.2) is 59.3 Å². The average Bonchev–Trinajstić information content (AvgIpc) is 3.10. The van der Waals surface area contributed by atoms with Crippen LogP contribution in [0.2, 0.25) is 0 Å². The molecule has 2 rings (SSSR count). The fourth-order valence-corrected chi connectivity index (χ4v) is 3.00. The maximum Gasteiger partial charge on any atom is 0.224 e. The molecule has 7 heteroatoms. The highest BCUT2D eigenvalue weighted by atomic mass is 16.2. The van der Waals surface area contributed by atoms with Crippen LogP contribution in [0.25, 0.3) is 0 Å². The summed E-state index contributed by atoms with van der Waals surface area (Å²) in [5.41, 5.74) is 0. The molecule has 7 nitrogen and oxygen atoms in total. The number of rotatable bonds is 7. The van der Waals surface area contributed by atoms with Gasteiger partial charge in [-0.05, 0) is 38.7 Å². The number of nitrogens with one attached hydrogen (secondary N) is 2. The number of likely N-dealkylation sites (tertiary alicyclic amines) is 1. The van der Waals surface area contributed by atoms with E-state index in [-0.39, 0.29) is 5.91 Å². The van der Waals surface area contributed by atoms with E-state index in [2.05, 4.69) is 27.6 Å². The fourth-order valence-electron chi connectivity index (χ4n) is 3.00.